The molecule has 0 radical (unpaired) electrons. The molecule has 3 heteroatoms. The molecule has 1 aromatic rings. The third kappa shape index (κ3) is 4.82. The third-order valence-corrected chi connectivity index (χ3v) is 3.92. The van der Waals surface area contributed by atoms with Crippen molar-refractivity contribution in [2.75, 3.05) is 7.11 Å². The van der Waals surface area contributed by atoms with Gasteiger partial charge in [0, 0.05) is 11.0 Å². The molecule has 0 aliphatic carbocycles. The first-order valence-corrected chi connectivity index (χ1v) is 6.82. The second kappa shape index (κ2) is 6.70. The average molecular weight is 252 g/mol. The number of carbonyl (C=O) groups excluding carboxylic acids is 1. The summed E-state index contributed by atoms with van der Waals surface area (Å²) < 4.78 is 4.66. The lowest BCUT2D eigenvalue weighted by Gasteiger charge is -2.11. The Kier molecular flexibility index (Phi) is 5.56. The Hall–Kier alpha value is -0.960. The fourth-order valence-electron chi connectivity index (χ4n) is 1.56. The Morgan fingerprint density at radius 3 is 2.76 bits per heavy atom. The molecule has 0 saturated heterocycles. The maximum atomic E-state index is 11.1. The van der Waals surface area contributed by atoms with Crippen LogP contribution in [0.15, 0.2) is 18.2 Å². The normalized spacial score (nSPS) is 12.2. The zero-order chi connectivity index (χ0) is 12.8. The summed E-state index contributed by atoms with van der Waals surface area (Å²) in [6, 6.07) is 6.49. The van der Waals surface area contributed by atoms with Gasteiger partial charge in [-0.1, -0.05) is 30.7 Å². The largest absolute Gasteiger partial charge is 0.469 e. The molecule has 1 rings (SSSR count). The number of thioether (sulfide) groups is 1. The van der Waals surface area contributed by atoms with E-state index in [1.165, 1.54) is 23.8 Å². The van der Waals surface area contributed by atoms with Crippen molar-refractivity contribution in [1.29, 1.82) is 0 Å². The number of esters is 1. The van der Waals surface area contributed by atoms with Crippen LogP contribution < -0.4 is 0 Å². The first-order valence-electron chi connectivity index (χ1n) is 5.77. The molecule has 2 nitrogen and oxygen atoms in total. The predicted octanol–water partition coefficient (Wildman–Crippen LogP) is 3.49. The van der Waals surface area contributed by atoms with Crippen LogP contribution in [0.3, 0.4) is 0 Å². The van der Waals surface area contributed by atoms with E-state index in [0.717, 1.165) is 5.75 Å². The Labute approximate surface area is 108 Å². The zero-order valence-electron chi connectivity index (χ0n) is 10.9. The summed E-state index contributed by atoms with van der Waals surface area (Å²) in [5.74, 6) is 0.817. The highest BCUT2D eigenvalue weighted by Crippen LogP contribution is 2.23. The molecule has 0 aromatic heterocycles. The van der Waals surface area contributed by atoms with Crippen molar-refractivity contribution in [2.24, 2.45) is 0 Å². The first-order chi connectivity index (χ1) is 8.02. The van der Waals surface area contributed by atoms with Gasteiger partial charge >= 0.3 is 5.97 Å². The molecular formula is C14H20O2S. The number of hydrogen-bond acceptors (Lipinski definition) is 3. The first kappa shape index (κ1) is 14.1. The van der Waals surface area contributed by atoms with Crippen LogP contribution in [0.25, 0.3) is 0 Å². The van der Waals surface area contributed by atoms with Crippen LogP contribution in [-0.4, -0.2) is 18.3 Å². The van der Waals surface area contributed by atoms with Crippen molar-refractivity contribution in [3.8, 4) is 0 Å². The summed E-state index contributed by atoms with van der Waals surface area (Å²) in [7, 11) is 1.43. The third-order valence-electron chi connectivity index (χ3n) is 2.71. The van der Waals surface area contributed by atoms with Crippen molar-refractivity contribution in [2.45, 2.75) is 38.2 Å². The van der Waals surface area contributed by atoms with E-state index in [4.69, 9.17) is 0 Å². The van der Waals surface area contributed by atoms with Crippen molar-refractivity contribution < 1.29 is 9.53 Å². The standard InChI is InChI=1S/C14H20O2S/c1-10-5-6-11(2)13(7-10)9-17-12(3)8-14(15)16-4/h5-7,12H,8-9H2,1-4H3. The summed E-state index contributed by atoms with van der Waals surface area (Å²) in [5.41, 5.74) is 3.95. The number of benzene rings is 1. The number of rotatable bonds is 5. The minimum Gasteiger partial charge on any atom is -0.469 e. The number of ether oxygens (including phenoxy) is 1. The van der Waals surface area contributed by atoms with Crippen LogP contribution in [0, 0.1) is 13.8 Å². The lowest BCUT2D eigenvalue weighted by atomic mass is 10.1. The summed E-state index contributed by atoms with van der Waals surface area (Å²) >= 11 is 1.80. The fraction of sp³-hybridized carbons (Fsp3) is 0.500. The number of carbonyl (C=O) groups is 1. The number of hydrogen-bond donors (Lipinski definition) is 0. The molecule has 1 atom stereocenters. The van der Waals surface area contributed by atoms with Gasteiger partial charge in [0.1, 0.15) is 0 Å². The molecule has 1 aromatic carbocycles. The molecule has 0 spiro atoms. The van der Waals surface area contributed by atoms with E-state index in [1.54, 1.807) is 11.8 Å². The van der Waals surface area contributed by atoms with Gasteiger partial charge in [-0.3, -0.25) is 4.79 Å². The van der Waals surface area contributed by atoms with Gasteiger partial charge in [0.25, 0.3) is 0 Å². The van der Waals surface area contributed by atoms with Crippen molar-refractivity contribution in [3.63, 3.8) is 0 Å². The zero-order valence-corrected chi connectivity index (χ0v) is 11.8. The van der Waals surface area contributed by atoms with Gasteiger partial charge < -0.3 is 4.74 Å². The Bertz CT molecular complexity index is 388. The van der Waals surface area contributed by atoms with E-state index < -0.39 is 0 Å². The van der Waals surface area contributed by atoms with Gasteiger partial charge in [-0.05, 0) is 25.0 Å². The maximum Gasteiger partial charge on any atom is 0.306 e. The van der Waals surface area contributed by atoms with E-state index in [9.17, 15) is 4.79 Å². The lowest BCUT2D eigenvalue weighted by Crippen LogP contribution is -2.08. The minimum atomic E-state index is -0.133. The minimum absolute atomic E-state index is 0.133. The molecule has 94 valence electrons. The van der Waals surface area contributed by atoms with E-state index >= 15 is 0 Å². The monoisotopic (exact) mass is 252 g/mol. The topological polar surface area (TPSA) is 26.3 Å². The van der Waals surface area contributed by atoms with Gasteiger partial charge in [-0.15, -0.1) is 0 Å². The van der Waals surface area contributed by atoms with Crippen molar-refractivity contribution in [1.82, 2.24) is 0 Å². The van der Waals surface area contributed by atoms with Crippen LogP contribution in [0.5, 0.6) is 0 Å². The summed E-state index contributed by atoms with van der Waals surface area (Å²) in [6.45, 7) is 6.29. The molecule has 1 unspecified atom stereocenters. The molecule has 0 bridgehead atoms. The van der Waals surface area contributed by atoms with E-state index in [-0.39, 0.29) is 5.97 Å². The molecule has 0 fully saturated rings. The fourth-order valence-corrected chi connectivity index (χ4v) is 2.59. The van der Waals surface area contributed by atoms with Crippen LogP contribution in [0.1, 0.15) is 30.0 Å². The maximum absolute atomic E-state index is 11.1. The molecule has 0 aliphatic rings. The molecule has 0 amide bonds. The van der Waals surface area contributed by atoms with Gasteiger partial charge in [0.05, 0.1) is 13.5 Å². The van der Waals surface area contributed by atoms with Crippen LogP contribution >= 0.6 is 11.8 Å². The summed E-state index contributed by atoms with van der Waals surface area (Å²) in [6.07, 6.45) is 0.478. The highest BCUT2D eigenvalue weighted by atomic mass is 32.2. The summed E-state index contributed by atoms with van der Waals surface area (Å²) in [4.78, 5) is 11.1. The van der Waals surface area contributed by atoms with Gasteiger partial charge in [0.15, 0.2) is 0 Å². The second-order valence-electron chi connectivity index (χ2n) is 4.33. The number of methoxy groups -OCH3 is 1. The Morgan fingerprint density at radius 1 is 1.41 bits per heavy atom. The van der Waals surface area contributed by atoms with Crippen LogP contribution in [0.2, 0.25) is 0 Å². The van der Waals surface area contributed by atoms with Crippen molar-refractivity contribution in [3.05, 3.63) is 34.9 Å². The molecule has 0 saturated carbocycles. The Balaban J connectivity index is 2.49. The molecular weight excluding hydrogens is 232 g/mol. The molecule has 0 heterocycles. The molecule has 0 aliphatic heterocycles. The smallest absolute Gasteiger partial charge is 0.306 e. The predicted molar refractivity (Wildman–Crippen MR) is 73.3 cm³/mol. The van der Waals surface area contributed by atoms with Gasteiger partial charge in [-0.25, -0.2) is 0 Å². The quantitative estimate of drug-likeness (QED) is 0.750. The van der Waals surface area contributed by atoms with E-state index in [1.807, 2.05) is 0 Å². The average Bonchev–Trinajstić information content (AvgIpc) is 2.30. The van der Waals surface area contributed by atoms with Gasteiger partial charge in [-0.2, -0.15) is 11.8 Å². The van der Waals surface area contributed by atoms with E-state index in [2.05, 4.69) is 43.7 Å². The Morgan fingerprint density at radius 2 is 2.12 bits per heavy atom. The molecule has 0 N–H and O–H groups in total. The van der Waals surface area contributed by atoms with E-state index in [0.29, 0.717) is 11.7 Å². The number of aryl methyl sites for hydroxylation is 2. The van der Waals surface area contributed by atoms with Crippen molar-refractivity contribution >= 4 is 17.7 Å². The van der Waals surface area contributed by atoms with Crippen LogP contribution in [-0.2, 0) is 15.3 Å². The highest BCUT2D eigenvalue weighted by Gasteiger charge is 2.10. The lowest BCUT2D eigenvalue weighted by molar-refractivity contribution is -0.140. The SMILES string of the molecule is COC(=O)CC(C)SCc1cc(C)ccc1C. The van der Waals surface area contributed by atoms with Crippen LogP contribution in [0.4, 0.5) is 0 Å². The molecule has 17 heavy (non-hydrogen) atoms. The van der Waals surface area contributed by atoms with Gasteiger partial charge in [0.2, 0.25) is 0 Å². The summed E-state index contributed by atoms with van der Waals surface area (Å²) in [5, 5.41) is 0.294. The second-order valence-corrected chi connectivity index (χ2v) is 5.76. The highest BCUT2D eigenvalue weighted by molar-refractivity contribution is 7.99.